The first-order valence-electron chi connectivity index (χ1n) is 6.83. The van der Waals surface area contributed by atoms with Crippen LogP contribution in [0.15, 0.2) is 23.1 Å². The van der Waals surface area contributed by atoms with E-state index in [-0.39, 0.29) is 22.9 Å². The van der Waals surface area contributed by atoms with Crippen molar-refractivity contribution in [2.45, 2.75) is 43.7 Å². The quantitative estimate of drug-likeness (QED) is 0.857. The van der Waals surface area contributed by atoms with Crippen molar-refractivity contribution in [3.8, 4) is 0 Å². The smallest absolute Gasteiger partial charge is 0.261 e. The van der Waals surface area contributed by atoms with Crippen LogP contribution in [0.2, 0.25) is 0 Å². The summed E-state index contributed by atoms with van der Waals surface area (Å²) in [4.78, 5) is 12.3. The Bertz CT molecular complexity index is 644. The maximum atomic E-state index is 12.4. The van der Waals surface area contributed by atoms with E-state index in [0.29, 0.717) is 18.6 Å². The number of benzene rings is 1. The van der Waals surface area contributed by atoms with Gasteiger partial charge in [-0.3, -0.25) is 4.79 Å². The van der Waals surface area contributed by atoms with Gasteiger partial charge in [-0.05, 0) is 37.5 Å². The van der Waals surface area contributed by atoms with Gasteiger partial charge < -0.3 is 10.1 Å². The number of ether oxygens (including phenoxy) is 1. The molecule has 1 saturated heterocycles. The first kappa shape index (κ1) is 16.3. The van der Waals surface area contributed by atoms with Gasteiger partial charge in [0.05, 0.1) is 17.0 Å². The van der Waals surface area contributed by atoms with Gasteiger partial charge >= 0.3 is 0 Å². The molecule has 1 aromatic carbocycles. The van der Waals surface area contributed by atoms with Crippen molar-refractivity contribution >= 4 is 25.6 Å². The van der Waals surface area contributed by atoms with Gasteiger partial charge in [-0.1, -0.05) is 13.0 Å². The van der Waals surface area contributed by atoms with E-state index in [1.165, 1.54) is 12.1 Å². The van der Waals surface area contributed by atoms with E-state index < -0.39 is 9.05 Å². The lowest BCUT2D eigenvalue weighted by molar-refractivity contribution is 0.0865. The zero-order valence-electron chi connectivity index (χ0n) is 11.9. The molecule has 0 radical (unpaired) electrons. The third-order valence-electron chi connectivity index (χ3n) is 3.68. The van der Waals surface area contributed by atoms with Gasteiger partial charge in [0.1, 0.15) is 0 Å². The van der Waals surface area contributed by atoms with Crippen LogP contribution in [0.3, 0.4) is 0 Å². The highest BCUT2D eigenvalue weighted by molar-refractivity contribution is 8.13. The SMILES string of the molecule is CCc1ccc(S(=O)(=O)Cl)cc1C(=O)NC1CCOC1C. The van der Waals surface area contributed by atoms with Crippen molar-refractivity contribution in [1.29, 1.82) is 0 Å². The Morgan fingerprint density at radius 1 is 1.48 bits per heavy atom. The van der Waals surface area contributed by atoms with Gasteiger partial charge in [0.25, 0.3) is 15.0 Å². The molecule has 1 aliphatic heterocycles. The van der Waals surface area contributed by atoms with Crippen LogP contribution >= 0.6 is 10.7 Å². The summed E-state index contributed by atoms with van der Waals surface area (Å²) in [5.74, 6) is -0.295. The largest absolute Gasteiger partial charge is 0.376 e. The van der Waals surface area contributed by atoms with E-state index in [0.717, 1.165) is 12.0 Å². The predicted molar refractivity (Wildman–Crippen MR) is 80.1 cm³/mol. The number of rotatable bonds is 4. The molecule has 1 heterocycles. The third-order valence-corrected chi connectivity index (χ3v) is 5.03. The number of amides is 1. The number of hydrogen-bond donors (Lipinski definition) is 1. The van der Waals surface area contributed by atoms with E-state index in [2.05, 4.69) is 5.32 Å². The van der Waals surface area contributed by atoms with Crippen molar-refractivity contribution in [1.82, 2.24) is 5.32 Å². The van der Waals surface area contributed by atoms with Gasteiger partial charge in [-0.25, -0.2) is 8.42 Å². The molecule has 116 valence electrons. The minimum absolute atomic E-state index is 0.0426. The van der Waals surface area contributed by atoms with E-state index in [1.54, 1.807) is 6.07 Å². The minimum Gasteiger partial charge on any atom is -0.376 e. The molecule has 21 heavy (non-hydrogen) atoms. The molecule has 0 aliphatic carbocycles. The Morgan fingerprint density at radius 3 is 2.71 bits per heavy atom. The first-order chi connectivity index (χ1) is 9.82. The van der Waals surface area contributed by atoms with Crippen LogP contribution in [0, 0.1) is 0 Å². The molecule has 0 aromatic heterocycles. The Hall–Kier alpha value is -1.11. The first-order valence-corrected chi connectivity index (χ1v) is 9.14. The maximum absolute atomic E-state index is 12.4. The fourth-order valence-electron chi connectivity index (χ4n) is 2.39. The second-order valence-electron chi connectivity index (χ2n) is 5.05. The lowest BCUT2D eigenvalue weighted by Crippen LogP contribution is -2.39. The molecule has 1 aromatic rings. The number of hydrogen-bond acceptors (Lipinski definition) is 4. The molecule has 5 nitrogen and oxygen atoms in total. The zero-order valence-corrected chi connectivity index (χ0v) is 13.5. The van der Waals surface area contributed by atoms with E-state index >= 15 is 0 Å². The van der Waals surface area contributed by atoms with Gasteiger partial charge in [0, 0.05) is 22.9 Å². The van der Waals surface area contributed by atoms with Crippen LogP contribution in [0.4, 0.5) is 0 Å². The molecule has 7 heteroatoms. The molecule has 2 unspecified atom stereocenters. The fraction of sp³-hybridized carbons (Fsp3) is 0.500. The van der Waals surface area contributed by atoms with Crippen LogP contribution < -0.4 is 5.32 Å². The molecule has 0 bridgehead atoms. The van der Waals surface area contributed by atoms with Crippen LogP contribution in [0.5, 0.6) is 0 Å². The summed E-state index contributed by atoms with van der Waals surface area (Å²) in [6.45, 7) is 4.42. The minimum atomic E-state index is -3.85. The molecule has 1 fully saturated rings. The molecule has 1 aliphatic rings. The molecule has 0 spiro atoms. The van der Waals surface area contributed by atoms with Gasteiger partial charge in [0.2, 0.25) is 0 Å². The summed E-state index contributed by atoms with van der Waals surface area (Å²) in [5.41, 5.74) is 1.13. The standard InChI is InChI=1S/C14H18ClNO4S/c1-3-10-4-5-11(21(15,18)19)8-12(10)14(17)16-13-6-7-20-9(13)2/h4-5,8-9,13H,3,6-7H2,1-2H3,(H,16,17). The topological polar surface area (TPSA) is 72.5 Å². The molecule has 0 saturated carbocycles. The Morgan fingerprint density at radius 2 is 2.19 bits per heavy atom. The summed E-state index contributed by atoms with van der Waals surface area (Å²) in [7, 11) is 1.49. The van der Waals surface area contributed by atoms with Crippen LogP contribution in [0.25, 0.3) is 0 Å². The Kier molecular flexibility index (Phi) is 4.91. The van der Waals surface area contributed by atoms with Gasteiger partial charge in [-0.2, -0.15) is 0 Å². The molecular weight excluding hydrogens is 314 g/mol. The highest BCUT2D eigenvalue weighted by Crippen LogP contribution is 2.21. The average Bonchev–Trinajstić information content (AvgIpc) is 2.82. The van der Waals surface area contributed by atoms with Crippen molar-refractivity contribution < 1.29 is 17.9 Å². The second kappa shape index (κ2) is 6.34. The number of halogens is 1. The van der Waals surface area contributed by atoms with Crippen molar-refractivity contribution in [3.63, 3.8) is 0 Å². The highest BCUT2D eigenvalue weighted by atomic mass is 35.7. The molecule has 1 N–H and O–H groups in total. The van der Waals surface area contributed by atoms with Crippen LogP contribution in [-0.4, -0.2) is 33.1 Å². The monoisotopic (exact) mass is 331 g/mol. The molecule has 2 atom stereocenters. The lowest BCUT2D eigenvalue weighted by Gasteiger charge is -2.17. The molecule has 1 amide bonds. The highest BCUT2D eigenvalue weighted by Gasteiger charge is 2.27. The number of carbonyl (C=O) groups is 1. The van der Waals surface area contributed by atoms with E-state index in [9.17, 15) is 13.2 Å². The normalized spacial score (nSPS) is 22.2. The number of nitrogens with one attached hydrogen (secondary N) is 1. The lowest BCUT2D eigenvalue weighted by atomic mass is 10.0. The summed E-state index contributed by atoms with van der Waals surface area (Å²) in [6, 6.07) is 4.31. The van der Waals surface area contributed by atoms with Gasteiger partial charge in [-0.15, -0.1) is 0 Å². The summed E-state index contributed by atoms with van der Waals surface area (Å²) in [6.07, 6.45) is 1.34. The zero-order chi connectivity index (χ0) is 15.6. The number of aryl methyl sites for hydroxylation is 1. The van der Waals surface area contributed by atoms with E-state index in [4.69, 9.17) is 15.4 Å². The summed E-state index contributed by atoms with van der Waals surface area (Å²) >= 11 is 0. The Balaban J connectivity index is 2.30. The average molecular weight is 332 g/mol. The fourth-order valence-corrected chi connectivity index (χ4v) is 3.17. The van der Waals surface area contributed by atoms with E-state index in [1.807, 2.05) is 13.8 Å². The second-order valence-corrected chi connectivity index (χ2v) is 7.62. The number of carbonyl (C=O) groups excluding carboxylic acids is 1. The van der Waals surface area contributed by atoms with Gasteiger partial charge in [0.15, 0.2) is 0 Å². The van der Waals surface area contributed by atoms with Crippen molar-refractivity contribution in [2.24, 2.45) is 0 Å². The Labute approximate surface area is 129 Å². The molecule has 2 rings (SSSR count). The predicted octanol–water partition coefficient (Wildman–Crippen LogP) is 2.08. The van der Waals surface area contributed by atoms with Crippen molar-refractivity contribution in [2.75, 3.05) is 6.61 Å². The summed E-state index contributed by atoms with van der Waals surface area (Å²) in [5, 5.41) is 2.90. The summed E-state index contributed by atoms with van der Waals surface area (Å²) < 4.78 is 28.2. The van der Waals surface area contributed by atoms with Crippen LogP contribution in [-0.2, 0) is 20.2 Å². The maximum Gasteiger partial charge on any atom is 0.261 e. The van der Waals surface area contributed by atoms with Crippen LogP contribution in [0.1, 0.15) is 36.2 Å². The molecular formula is C14H18ClNO4S. The van der Waals surface area contributed by atoms with Crippen molar-refractivity contribution in [3.05, 3.63) is 29.3 Å². The third kappa shape index (κ3) is 3.75.